The summed E-state index contributed by atoms with van der Waals surface area (Å²) in [6.45, 7) is 4.88. The second-order valence-corrected chi connectivity index (χ2v) is 7.16. The zero-order chi connectivity index (χ0) is 18.7. The third kappa shape index (κ3) is 4.07. The molecule has 26 heavy (non-hydrogen) atoms. The molecule has 0 bridgehead atoms. The molecule has 1 aliphatic heterocycles. The van der Waals surface area contributed by atoms with E-state index in [2.05, 4.69) is 21.2 Å². The summed E-state index contributed by atoms with van der Waals surface area (Å²) >= 11 is 3.46. The molecule has 0 unspecified atom stereocenters. The van der Waals surface area contributed by atoms with Crippen LogP contribution in [0.4, 0.5) is 11.4 Å². The second kappa shape index (κ2) is 7.91. The van der Waals surface area contributed by atoms with Crippen LogP contribution in [-0.4, -0.2) is 25.0 Å². The summed E-state index contributed by atoms with van der Waals surface area (Å²) in [5.74, 6) is 0.206. The first-order valence-corrected chi connectivity index (χ1v) is 9.37. The predicted octanol–water partition coefficient (Wildman–Crippen LogP) is 4.15. The van der Waals surface area contributed by atoms with Crippen molar-refractivity contribution in [3.63, 3.8) is 0 Å². The molecular formula is C20H21BrN2O3. The molecule has 2 aromatic rings. The number of anilines is 2. The van der Waals surface area contributed by atoms with Crippen LogP contribution >= 0.6 is 15.9 Å². The van der Waals surface area contributed by atoms with Crippen molar-refractivity contribution in [2.24, 2.45) is 5.92 Å². The van der Waals surface area contributed by atoms with Crippen LogP contribution in [0.15, 0.2) is 46.9 Å². The van der Waals surface area contributed by atoms with E-state index < -0.39 is 0 Å². The van der Waals surface area contributed by atoms with Crippen molar-refractivity contribution in [2.75, 3.05) is 23.4 Å². The third-order valence-corrected chi connectivity index (χ3v) is 4.99. The van der Waals surface area contributed by atoms with Crippen molar-refractivity contribution < 1.29 is 14.3 Å². The average molecular weight is 417 g/mol. The van der Waals surface area contributed by atoms with Gasteiger partial charge in [0.1, 0.15) is 5.75 Å². The number of hydrogen-bond acceptors (Lipinski definition) is 3. The Labute approximate surface area is 161 Å². The van der Waals surface area contributed by atoms with Crippen LogP contribution in [0.3, 0.4) is 0 Å². The molecular weight excluding hydrogens is 396 g/mol. The Morgan fingerprint density at radius 3 is 2.65 bits per heavy atom. The summed E-state index contributed by atoms with van der Waals surface area (Å²) in [5, 5.41) is 2.91. The molecule has 0 saturated carbocycles. The zero-order valence-electron chi connectivity index (χ0n) is 14.8. The van der Waals surface area contributed by atoms with Crippen molar-refractivity contribution in [3.8, 4) is 5.75 Å². The number of amides is 2. The molecule has 6 heteroatoms. The standard InChI is InChI=1S/C20H21BrN2O3/c1-3-26-16-7-5-15(6-8-16)23-12-14(11-19(23)24)20(25)22-18-9-4-13(2)10-17(18)21/h4-10,14H,3,11-12H2,1-2H3,(H,22,25)/t14-/m0/s1. The van der Waals surface area contributed by atoms with Crippen LogP contribution in [0.25, 0.3) is 0 Å². The van der Waals surface area contributed by atoms with Crippen molar-refractivity contribution in [1.29, 1.82) is 0 Å². The van der Waals surface area contributed by atoms with Gasteiger partial charge in [0.2, 0.25) is 11.8 Å². The molecule has 0 radical (unpaired) electrons. The van der Waals surface area contributed by atoms with Gasteiger partial charge >= 0.3 is 0 Å². The highest BCUT2D eigenvalue weighted by Crippen LogP contribution is 2.29. The first-order chi connectivity index (χ1) is 12.5. The number of nitrogens with one attached hydrogen (secondary N) is 1. The summed E-state index contributed by atoms with van der Waals surface area (Å²) in [6.07, 6.45) is 0.211. The average Bonchev–Trinajstić information content (AvgIpc) is 3.00. The van der Waals surface area contributed by atoms with E-state index in [0.717, 1.165) is 21.5 Å². The van der Waals surface area contributed by atoms with E-state index >= 15 is 0 Å². The molecule has 1 N–H and O–H groups in total. The highest BCUT2D eigenvalue weighted by Gasteiger charge is 2.35. The Morgan fingerprint density at radius 2 is 2.00 bits per heavy atom. The van der Waals surface area contributed by atoms with Gasteiger partial charge < -0.3 is 15.0 Å². The maximum absolute atomic E-state index is 12.6. The third-order valence-electron chi connectivity index (χ3n) is 4.34. The highest BCUT2D eigenvalue weighted by atomic mass is 79.9. The van der Waals surface area contributed by atoms with Gasteiger partial charge in [-0.1, -0.05) is 6.07 Å². The molecule has 0 aliphatic carbocycles. The maximum atomic E-state index is 12.6. The fourth-order valence-electron chi connectivity index (χ4n) is 2.98. The summed E-state index contributed by atoms with van der Waals surface area (Å²) in [7, 11) is 0. The predicted molar refractivity (Wildman–Crippen MR) is 106 cm³/mol. The minimum absolute atomic E-state index is 0.0442. The zero-order valence-corrected chi connectivity index (χ0v) is 16.4. The Balaban J connectivity index is 1.67. The number of carbonyl (C=O) groups is 2. The van der Waals surface area contributed by atoms with Gasteiger partial charge in [0.25, 0.3) is 0 Å². The monoisotopic (exact) mass is 416 g/mol. The molecule has 2 aromatic carbocycles. The van der Waals surface area contributed by atoms with Gasteiger partial charge in [-0.05, 0) is 71.7 Å². The fourth-order valence-corrected chi connectivity index (χ4v) is 3.57. The van der Waals surface area contributed by atoms with Crippen LogP contribution in [0.2, 0.25) is 0 Å². The smallest absolute Gasteiger partial charge is 0.229 e. The topological polar surface area (TPSA) is 58.6 Å². The van der Waals surface area contributed by atoms with E-state index in [-0.39, 0.29) is 24.2 Å². The largest absolute Gasteiger partial charge is 0.494 e. The van der Waals surface area contributed by atoms with Crippen LogP contribution in [0.5, 0.6) is 5.75 Å². The van der Waals surface area contributed by atoms with Gasteiger partial charge in [-0.3, -0.25) is 9.59 Å². The first kappa shape index (κ1) is 18.5. The van der Waals surface area contributed by atoms with Crippen molar-refractivity contribution in [3.05, 3.63) is 52.5 Å². The van der Waals surface area contributed by atoms with E-state index in [9.17, 15) is 9.59 Å². The molecule has 5 nitrogen and oxygen atoms in total. The Bertz CT molecular complexity index is 820. The lowest BCUT2D eigenvalue weighted by Gasteiger charge is -2.17. The number of benzene rings is 2. The second-order valence-electron chi connectivity index (χ2n) is 6.30. The highest BCUT2D eigenvalue weighted by molar-refractivity contribution is 9.10. The van der Waals surface area contributed by atoms with Crippen LogP contribution in [0.1, 0.15) is 18.9 Å². The van der Waals surface area contributed by atoms with E-state index in [1.165, 1.54) is 0 Å². The Morgan fingerprint density at radius 1 is 1.27 bits per heavy atom. The quantitative estimate of drug-likeness (QED) is 0.796. The maximum Gasteiger partial charge on any atom is 0.229 e. The minimum atomic E-state index is -0.373. The number of halogens is 1. The lowest BCUT2D eigenvalue weighted by molar-refractivity contribution is -0.122. The van der Waals surface area contributed by atoms with E-state index in [1.807, 2.05) is 56.3 Å². The Kier molecular flexibility index (Phi) is 5.61. The van der Waals surface area contributed by atoms with E-state index in [1.54, 1.807) is 4.90 Å². The van der Waals surface area contributed by atoms with Gasteiger partial charge in [0.15, 0.2) is 0 Å². The summed E-state index contributed by atoms with van der Waals surface area (Å²) in [5.41, 5.74) is 2.60. The van der Waals surface area contributed by atoms with E-state index in [0.29, 0.717) is 18.8 Å². The number of rotatable bonds is 5. The fraction of sp³-hybridized carbons (Fsp3) is 0.300. The molecule has 1 saturated heterocycles. The molecule has 1 atom stereocenters. The summed E-state index contributed by atoms with van der Waals surface area (Å²) in [6, 6.07) is 13.1. The number of hydrogen-bond donors (Lipinski definition) is 1. The summed E-state index contributed by atoms with van der Waals surface area (Å²) < 4.78 is 6.26. The lowest BCUT2D eigenvalue weighted by atomic mass is 10.1. The minimum Gasteiger partial charge on any atom is -0.494 e. The number of aryl methyl sites for hydroxylation is 1. The summed E-state index contributed by atoms with van der Waals surface area (Å²) in [4.78, 5) is 26.6. The molecule has 1 aliphatic rings. The van der Waals surface area contributed by atoms with Crippen molar-refractivity contribution >= 4 is 39.1 Å². The lowest BCUT2D eigenvalue weighted by Crippen LogP contribution is -2.28. The van der Waals surface area contributed by atoms with Crippen LogP contribution in [-0.2, 0) is 9.59 Å². The normalized spacial score (nSPS) is 16.7. The van der Waals surface area contributed by atoms with Crippen LogP contribution < -0.4 is 15.0 Å². The van der Waals surface area contributed by atoms with Gasteiger partial charge in [-0.15, -0.1) is 0 Å². The number of nitrogens with zero attached hydrogens (tertiary/aromatic N) is 1. The molecule has 0 aromatic heterocycles. The van der Waals surface area contributed by atoms with Gasteiger partial charge in [-0.2, -0.15) is 0 Å². The molecule has 3 rings (SSSR count). The van der Waals surface area contributed by atoms with E-state index in [4.69, 9.17) is 4.74 Å². The molecule has 1 heterocycles. The van der Waals surface area contributed by atoms with Crippen LogP contribution in [0, 0.1) is 12.8 Å². The SMILES string of the molecule is CCOc1ccc(N2C[C@@H](C(=O)Nc3ccc(C)cc3Br)CC2=O)cc1. The Hall–Kier alpha value is -2.34. The van der Waals surface area contributed by atoms with Gasteiger partial charge in [0.05, 0.1) is 18.2 Å². The van der Waals surface area contributed by atoms with Gasteiger partial charge in [-0.25, -0.2) is 0 Å². The molecule has 136 valence electrons. The molecule has 0 spiro atoms. The van der Waals surface area contributed by atoms with Crippen molar-refractivity contribution in [2.45, 2.75) is 20.3 Å². The van der Waals surface area contributed by atoms with Crippen molar-refractivity contribution in [1.82, 2.24) is 0 Å². The molecule has 1 fully saturated rings. The number of carbonyl (C=O) groups excluding carboxylic acids is 2. The molecule has 2 amide bonds. The number of ether oxygens (including phenoxy) is 1. The first-order valence-electron chi connectivity index (χ1n) is 8.58. The van der Waals surface area contributed by atoms with Gasteiger partial charge in [0, 0.05) is 23.1 Å².